The van der Waals surface area contributed by atoms with Crippen LogP contribution in [0.5, 0.6) is 5.75 Å². The lowest BCUT2D eigenvalue weighted by Crippen LogP contribution is -1.98. The van der Waals surface area contributed by atoms with Crippen LogP contribution in [0.2, 0.25) is 0 Å². The standard InChI is InChI=1S/C19H16N2O2/c22-18(9-10-19-20-11-12-21-19)16-7-4-8-17(13-16)23-14-15-5-2-1-3-6-15/h1-13H,14H2,(H,20,21). The minimum atomic E-state index is -0.0911. The fourth-order valence-corrected chi connectivity index (χ4v) is 2.10. The van der Waals surface area contributed by atoms with Crippen molar-refractivity contribution in [2.75, 3.05) is 0 Å². The van der Waals surface area contributed by atoms with Crippen molar-refractivity contribution in [3.05, 3.63) is 90.0 Å². The quantitative estimate of drug-likeness (QED) is 0.555. The molecule has 2 aromatic carbocycles. The first-order chi connectivity index (χ1) is 11.3. The molecule has 1 aromatic heterocycles. The first-order valence-corrected chi connectivity index (χ1v) is 7.30. The van der Waals surface area contributed by atoms with Crippen LogP contribution in [0.3, 0.4) is 0 Å². The third-order valence-electron chi connectivity index (χ3n) is 3.28. The number of H-pyrrole nitrogens is 1. The van der Waals surface area contributed by atoms with Crippen LogP contribution in [0, 0.1) is 0 Å². The molecule has 114 valence electrons. The fourth-order valence-electron chi connectivity index (χ4n) is 2.10. The largest absolute Gasteiger partial charge is 0.489 e. The first-order valence-electron chi connectivity index (χ1n) is 7.30. The Kier molecular flexibility index (Phi) is 4.64. The normalized spacial score (nSPS) is 10.8. The first kappa shape index (κ1) is 14.8. The number of aromatic nitrogens is 2. The summed E-state index contributed by atoms with van der Waals surface area (Å²) in [5, 5.41) is 0. The lowest BCUT2D eigenvalue weighted by atomic mass is 10.1. The molecule has 4 heteroatoms. The molecule has 23 heavy (non-hydrogen) atoms. The molecule has 1 heterocycles. The number of nitrogens with zero attached hydrogens (tertiary/aromatic N) is 1. The second kappa shape index (κ2) is 7.22. The van der Waals surface area contributed by atoms with Gasteiger partial charge in [0.05, 0.1) is 0 Å². The third-order valence-corrected chi connectivity index (χ3v) is 3.28. The number of aromatic amines is 1. The monoisotopic (exact) mass is 304 g/mol. The molecule has 0 amide bonds. The van der Waals surface area contributed by atoms with Crippen LogP contribution in [0.1, 0.15) is 21.7 Å². The summed E-state index contributed by atoms with van der Waals surface area (Å²) in [4.78, 5) is 19.1. The van der Waals surface area contributed by atoms with Crippen molar-refractivity contribution >= 4 is 11.9 Å². The number of allylic oxidation sites excluding steroid dienone is 1. The SMILES string of the molecule is O=C(C=Cc1ncc[nH]1)c1cccc(OCc2ccccc2)c1. The lowest BCUT2D eigenvalue weighted by molar-refractivity contribution is 0.104. The van der Waals surface area contributed by atoms with Gasteiger partial charge in [-0.15, -0.1) is 0 Å². The van der Waals surface area contributed by atoms with Gasteiger partial charge in [0.2, 0.25) is 0 Å². The molecule has 0 aliphatic rings. The summed E-state index contributed by atoms with van der Waals surface area (Å²) in [6.07, 6.45) is 6.50. The van der Waals surface area contributed by atoms with Crippen molar-refractivity contribution in [2.45, 2.75) is 6.61 Å². The summed E-state index contributed by atoms with van der Waals surface area (Å²) >= 11 is 0. The minimum Gasteiger partial charge on any atom is -0.489 e. The van der Waals surface area contributed by atoms with Gasteiger partial charge in [-0.05, 0) is 29.8 Å². The molecule has 4 nitrogen and oxygen atoms in total. The van der Waals surface area contributed by atoms with Gasteiger partial charge in [-0.25, -0.2) is 4.98 Å². The molecule has 0 spiro atoms. The van der Waals surface area contributed by atoms with Gasteiger partial charge in [0, 0.05) is 18.0 Å². The Morgan fingerprint density at radius 3 is 2.78 bits per heavy atom. The highest BCUT2D eigenvalue weighted by Gasteiger charge is 2.04. The van der Waals surface area contributed by atoms with Gasteiger partial charge in [0.25, 0.3) is 0 Å². The maximum Gasteiger partial charge on any atom is 0.186 e. The number of benzene rings is 2. The molecule has 3 rings (SSSR count). The molecule has 0 aliphatic carbocycles. The molecule has 0 radical (unpaired) electrons. The maximum atomic E-state index is 12.2. The van der Waals surface area contributed by atoms with E-state index in [1.54, 1.807) is 30.6 Å². The molecule has 0 fully saturated rings. The van der Waals surface area contributed by atoms with Crippen LogP contribution >= 0.6 is 0 Å². The van der Waals surface area contributed by atoms with E-state index in [0.29, 0.717) is 23.7 Å². The topological polar surface area (TPSA) is 55.0 Å². The Labute approximate surface area is 134 Å². The number of carbonyl (C=O) groups is 1. The van der Waals surface area contributed by atoms with E-state index in [2.05, 4.69) is 9.97 Å². The number of hydrogen-bond donors (Lipinski definition) is 1. The van der Waals surface area contributed by atoms with Crippen molar-refractivity contribution in [1.82, 2.24) is 9.97 Å². The number of ketones is 1. The molecule has 3 aromatic rings. The Bertz CT molecular complexity index is 793. The van der Waals surface area contributed by atoms with Crippen LogP contribution in [-0.2, 0) is 6.61 Å². The Balaban J connectivity index is 1.66. The third kappa shape index (κ3) is 4.17. The Morgan fingerprint density at radius 2 is 2.00 bits per heavy atom. The molecule has 0 bridgehead atoms. The van der Waals surface area contributed by atoms with Gasteiger partial charge >= 0.3 is 0 Å². The van der Waals surface area contributed by atoms with E-state index < -0.39 is 0 Å². The van der Waals surface area contributed by atoms with Gasteiger partial charge < -0.3 is 9.72 Å². The molecule has 0 unspecified atom stereocenters. The summed E-state index contributed by atoms with van der Waals surface area (Å²) in [6, 6.07) is 17.1. The molecule has 0 atom stereocenters. The predicted octanol–water partition coefficient (Wildman–Crippen LogP) is 3.88. The summed E-state index contributed by atoms with van der Waals surface area (Å²) in [7, 11) is 0. The number of rotatable bonds is 6. The van der Waals surface area contributed by atoms with E-state index in [9.17, 15) is 4.79 Å². The van der Waals surface area contributed by atoms with Gasteiger partial charge in [0.1, 0.15) is 18.2 Å². The zero-order valence-corrected chi connectivity index (χ0v) is 12.5. The van der Waals surface area contributed by atoms with Gasteiger partial charge in [-0.2, -0.15) is 0 Å². The van der Waals surface area contributed by atoms with Crippen molar-refractivity contribution in [3.63, 3.8) is 0 Å². The molecule has 0 saturated carbocycles. The highest BCUT2D eigenvalue weighted by Crippen LogP contribution is 2.16. The van der Waals surface area contributed by atoms with Crippen LogP contribution in [-0.4, -0.2) is 15.8 Å². The van der Waals surface area contributed by atoms with Gasteiger partial charge in [0.15, 0.2) is 5.78 Å². The zero-order valence-electron chi connectivity index (χ0n) is 12.5. The summed E-state index contributed by atoms with van der Waals surface area (Å²) < 4.78 is 5.74. The Hall–Kier alpha value is -3.14. The summed E-state index contributed by atoms with van der Waals surface area (Å²) in [6.45, 7) is 0.473. The zero-order chi connectivity index (χ0) is 15.9. The molecule has 1 N–H and O–H groups in total. The molecule has 0 aliphatic heterocycles. The van der Waals surface area contributed by atoms with Crippen LogP contribution in [0.4, 0.5) is 0 Å². The second-order valence-corrected chi connectivity index (χ2v) is 4.97. The van der Waals surface area contributed by atoms with Gasteiger partial charge in [-0.1, -0.05) is 42.5 Å². The average Bonchev–Trinajstić information content (AvgIpc) is 3.12. The van der Waals surface area contributed by atoms with E-state index in [1.807, 2.05) is 42.5 Å². The lowest BCUT2D eigenvalue weighted by Gasteiger charge is -2.07. The fraction of sp³-hybridized carbons (Fsp3) is 0.0526. The van der Waals surface area contributed by atoms with Crippen LogP contribution in [0.15, 0.2) is 73.1 Å². The smallest absolute Gasteiger partial charge is 0.186 e. The average molecular weight is 304 g/mol. The van der Waals surface area contributed by atoms with E-state index in [-0.39, 0.29) is 5.78 Å². The van der Waals surface area contributed by atoms with Crippen molar-refractivity contribution < 1.29 is 9.53 Å². The van der Waals surface area contributed by atoms with Crippen molar-refractivity contribution in [1.29, 1.82) is 0 Å². The van der Waals surface area contributed by atoms with E-state index >= 15 is 0 Å². The van der Waals surface area contributed by atoms with Gasteiger partial charge in [-0.3, -0.25) is 4.79 Å². The number of carbonyl (C=O) groups excluding carboxylic acids is 1. The van der Waals surface area contributed by atoms with E-state index in [4.69, 9.17) is 4.74 Å². The number of ether oxygens (including phenoxy) is 1. The van der Waals surface area contributed by atoms with Crippen molar-refractivity contribution in [3.8, 4) is 5.75 Å². The number of nitrogens with one attached hydrogen (secondary N) is 1. The highest BCUT2D eigenvalue weighted by atomic mass is 16.5. The van der Waals surface area contributed by atoms with E-state index in [1.165, 1.54) is 6.08 Å². The second-order valence-electron chi connectivity index (χ2n) is 4.97. The number of imidazole rings is 1. The van der Waals surface area contributed by atoms with E-state index in [0.717, 1.165) is 5.56 Å². The maximum absolute atomic E-state index is 12.2. The summed E-state index contributed by atoms with van der Waals surface area (Å²) in [5.74, 6) is 1.23. The van der Waals surface area contributed by atoms with Crippen LogP contribution < -0.4 is 4.74 Å². The highest BCUT2D eigenvalue weighted by molar-refractivity contribution is 6.06. The Morgan fingerprint density at radius 1 is 1.13 bits per heavy atom. The van der Waals surface area contributed by atoms with Crippen molar-refractivity contribution in [2.24, 2.45) is 0 Å². The summed E-state index contributed by atoms with van der Waals surface area (Å²) in [5.41, 5.74) is 1.67. The predicted molar refractivity (Wildman–Crippen MR) is 89.2 cm³/mol. The molecular weight excluding hydrogens is 288 g/mol. The molecule has 0 saturated heterocycles. The molecular formula is C19H16N2O2. The van der Waals surface area contributed by atoms with Crippen LogP contribution in [0.25, 0.3) is 6.08 Å². The number of hydrogen-bond acceptors (Lipinski definition) is 3. The minimum absolute atomic E-state index is 0.0911.